The monoisotopic (exact) mass is 655 g/mol. The third-order valence-electron chi connectivity index (χ3n) is 8.22. The predicted octanol–water partition coefficient (Wildman–Crippen LogP) is 2.00. The maximum atomic E-state index is 12.7. The van der Waals surface area contributed by atoms with Gasteiger partial charge in [0.15, 0.2) is 0 Å². The number of nitrogens with one attached hydrogen (secondary N) is 2. The third-order valence-corrected chi connectivity index (χ3v) is 8.22. The van der Waals surface area contributed by atoms with E-state index in [1.165, 1.54) is 12.2 Å². The molecule has 1 aliphatic carbocycles. The first-order valence-electron chi connectivity index (χ1n) is 15.2. The lowest BCUT2D eigenvalue weighted by Gasteiger charge is -2.18. The van der Waals surface area contributed by atoms with Gasteiger partial charge in [-0.25, -0.2) is 4.79 Å². The summed E-state index contributed by atoms with van der Waals surface area (Å²) in [6.07, 6.45) is 3.79. The molecule has 2 aromatic rings. The number of anilines is 2. The summed E-state index contributed by atoms with van der Waals surface area (Å²) in [6.45, 7) is 0.402. The number of hydrogen-bond acceptors (Lipinski definition) is 11. The van der Waals surface area contributed by atoms with Crippen molar-refractivity contribution in [3.63, 3.8) is 0 Å². The Morgan fingerprint density at radius 2 is 1.27 bits per heavy atom. The minimum atomic E-state index is -1.23. The lowest BCUT2D eigenvalue weighted by Crippen LogP contribution is -2.33. The van der Waals surface area contributed by atoms with Crippen molar-refractivity contribution in [2.45, 2.75) is 31.6 Å². The number of hydroxylamine groups is 2. The van der Waals surface area contributed by atoms with Gasteiger partial charge in [0, 0.05) is 80.5 Å². The second-order valence-electron chi connectivity index (χ2n) is 11.3. The van der Waals surface area contributed by atoms with E-state index in [4.69, 9.17) is 9.57 Å². The SMILES string of the molecule is O=C(CCN1C(=O)C=CC1=O)Nc1ccc2c(c1)C(COC(=O)ON1C(=O)CCC1=O)c1cc(NCCCN3C(=O)C=CC3=O)ccc1-2. The fourth-order valence-electron chi connectivity index (χ4n) is 5.85. The third kappa shape index (κ3) is 6.56. The summed E-state index contributed by atoms with van der Waals surface area (Å²) in [4.78, 5) is 103. The molecular formula is C33H29N5O10. The van der Waals surface area contributed by atoms with Crippen LogP contribution in [0.5, 0.6) is 0 Å². The number of carbonyl (C=O) groups is 8. The summed E-state index contributed by atoms with van der Waals surface area (Å²) in [5.41, 5.74) is 4.33. The number of rotatable bonds is 12. The molecule has 0 bridgehead atoms. The minimum Gasteiger partial charge on any atom is -0.432 e. The molecule has 1 unspecified atom stereocenters. The van der Waals surface area contributed by atoms with E-state index in [2.05, 4.69) is 10.6 Å². The van der Waals surface area contributed by atoms with Crippen molar-refractivity contribution >= 4 is 58.9 Å². The van der Waals surface area contributed by atoms with Gasteiger partial charge >= 0.3 is 6.16 Å². The van der Waals surface area contributed by atoms with E-state index >= 15 is 0 Å². The molecule has 0 spiro atoms. The van der Waals surface area contributed by atoms with Crippen LogP contribution in [0.3, 0.4) is 0 Å². The zero-order valence-electron chi connectivity index (χ0n) is 25.4. The van der Waals surface area contributed by atoms with Crippen molar-refractivity contribution in [1.82, 2.24) is 14.9 Å². The number of nitrogens with zero attached hydrogens (tertiary/aromatic N) is 3. The highest BCUT2D eigenvalue weighted by atomic mass is 16.8. The van der Waals surface area contributed by atoms with E-state index in [1.54, 1.807) is 12.1 Å². The molecule has 1 saturated heterocycles. The minimum absolute atomic E-state index is 0.0666. The molecule has 3 heterocycles. The van der Waals surface area contributed by atoms with Crippen molar-refractivity contribution in [2.75, 3.05) is 36.9 Å². The van der Waals surface area contributed by atoms with Crippen molar-refractivity contribution in [3.05, 3.63) is 71.8 Å². The van der Waals surface area contributed by atoms with Crippen LogP contribution in [-0.2, 0) is 43.1 Å². The van der Waals surface area contributed by atoms with E-state index in [0.29, 0.717) is 29.3 Å². The van der Waals surface area contributed by atoms with Crippen LogP contribution in [0.1, 0.15) is 42.7 Å². The summed E-state index contributed by atoms with van der Waals surface area (Å²) in [5, 5.41) is 6.46. The number of ether oxygens (including phenoxy) is 1. The van der Waals surface area contributed by atoms with Crippen LogP contribution >= 0.6 is 0 Å². The smallest absolute Gasteiger partial charge is 0.432 e. The molecule has 48 heavy (non-hydrogen) atoms. The quantitative estimate of drug-likeness (QED) is 0.193. The topological polar surface area (TPSA) is 189 Å². The maximum Gasteiger partial charge on any atom is 0.533 e. The fraction of sp³-hybridized carbons (Fsp3) is 0.273. The van der Waals surface area contributed by atoms with Crippen LogP contribution < -0.4 is 10.6 Å². The van der Waals surface area contributed by atoms with Crippen LogP contribution in [0.4, 0.5) is 16.2 Å². The molecule has 3 aliphatic heterocycles. The van der Waals surface area contributed by atoms with E-state index < -0.39 is 41.6 Å². The summed E-state index contributed by atoms with van der Waals surface area (Å²) in [5.74, 6) is -3.91. The number of hydrogen-bond donors (Lipinski definition) is 2. The summed E-state index contributed by atoms with van der Waals surface area (Å²) >= 11 is 0. The zero-order chi connectivity index (χ0) is 33.9. The average Bonchev–Trinajstić information content (AvgIpc) is 3.77. The van der Waals surface area contributed by atoms with Gasteiger partial charge in [0.25, 0.3) is 35.4 Å². The van der Waals surface area contributed by atoms with Crippen LogP contribution in [0, 0.1) is 0 Å². The van der Waals surface area contributed by atoms with Crippen molar-refractivity contribution in [3.8, 4) is 11.1 Å². The van der Waals surface area contributed by atoms with Gasteiger partial charge < -0.3 is 15.4 Å². The van der Waals surface area contributed by atoms with E-state index in [0.717, 1.165) is 44.3 Å². The number of fused-ring (bicyclic) bond motifs is 3. The van der Waals surface area contributed by atoms with Crippen molar-refractivity contribution in [2.24, 2.45) is 0 Å². The molecule has 1 fully saturated rings. The highest BCUT2D eigenvalue weighted by Gasteiger charge is 2.35. The normalized spacial score (nSPS) is 17.8. The van der Waals surface area contributed by atoms with E-state index in [-0.39, 0.29) is 50.8 Å². The highest BCUT2D eigenvalue weighted by Crippen LogP contribution is 2.47. The maximum absolute atomic E-state index is 12.7. The number of carbonyl (C=O) groups excluding carboxylic acids is 8. The second kappa shape index (κ2) is 13.3. The molecule has 15 heteroatoms. The molecule has 4 aliphatic rings. The van der Waals surface area contributed by atoms with Gasteiger partial charge in [-0.3, -0.25) is 48.2 Å². The Kier molecular flexibility index (Phi) is 8.83. The van der Waals surface area contributed by atoms with Crippen LogP contribution in [0.2, 0.25) is 0 Å². The largest absolute Gasteiger partial charge is 0.533 e. The molecule has 2 aromatic carbocycles. The molecule has 246 valence electrons. The van der Waals surface area contributed by atoms with Crippen molar-refractivity contribution in [1.29, 1.82) is 0 Å². The molecule has 1 atom stereocenters. The Hall–Kier alpha value is -6.12. The first-order chi connectivity index (χ1) is 23.1. The number of benzene rings is 2. The highest BCUT2D eigenvalue weighted by molar-refractivity contribution is 6.13. The lowest BCUT2D eigenvalue weighted by atomic mass is 9.97. The first kappa shape index (κ1) is 31.8. The van der Waals surface area contributed by atoms with Crippen LogP contribution in [0.15, 0.2) is 60.7 Å². The lowest BCUT2D eigenvalue weighted by molar-refractivity contribution is -0.177. The Morgan fingerprint density at radius 3 is 1.88 bits per heavy atom. The molecule has 2 N–H and O–H groups in total. The Balaban J connectivity index is 1.15. The van der Waals surface area contributed by atoms with Crippen LogP contribution in [-0.4, -0.2) is 88.6 Å². The molecular weight excluding hydrogens is 626 g/mol. The number of amides is 7. The van der Waals surface area contributed by atoms with Gasteiger partial charge in [0.2, 0.25) is 5.91 Å². The first-order valence-corrected chi connectivity index (χ1v) is 15.2. The Morgan fingerprint density at radius 1 is 0.729 bits per heavy atom. The standard InChI is InChI=1S/C33H29N5O10/c39-26(12-15-37-29(42)8-9-30(37)43)35-20-3-5-22-21-4-2-19(34-13-1-14-36-27(40)6-7-28(36)41)16-23(21)25(24(22)17-20)18-47-33(46)48-38-31(44)10-11-32(38)45/h2-9,16-17,25,34H,1,10-15,18H2,(H,35,39). The summed E-state index contributed by atoms with van der Waals surface area (Å²) < 4.78 is 5.38. The number of imide groups is 3. The molecule has 6 rings (SSSR count). The van der Waals surface area contributed by atoms with E-state index in [9.17, 15) is 38.4 Å². The van der Waals surface area contributed by atoms with Gasteiger partial charge in [-0.1, -0.05) is 17.2 Å². The van der Waals surface area contributed by atoms with E-state index in [1.807, 2.05) is 24.3 Å². The van der Waals surface area contributed by atoms with Gasteiger partial charge in [0.05, 0.1) is 0 Å². The Labute approximate surface area is 273 Å². The zero-order valence-corrected chi connectivity index (χ0v) is 25.4. The molecule has 7 amide bonds. The van der Waals surface area contributed by atoms with Gasteiger partial charge in [-0.05, 0) is 52.9 Å². The molecule has 0 aromatic heterocycles. The summed E-state index contributed by atoms with van der Waals surface area (Å²) in [6, 6.07) is 10.9. The second-order valence-corrected chi connectivity index (χ2v) is 11.3. The van der Waals surface area contributed by atoms with Gasteiger partial charge in [-0.15, -0.1) is 0 Å². The molecule has 0 radical (unpaired) electrons. The van der Waals surface area contributed by atoms with Crippen molar-refractivity contribution < 1.29 is 47.9 Å². The summed E-state index contributed by atoms with van der Waals surface area (Å²) in [7, 11) is 0. The predicted molar refractivity (Wildman–Crippen MR) is 165 cm³/mol. The van der Waals surface area contributed by atoms with Gasteiger partial charge in [0.1, 0.15) is 6.61 Å². The Bertz CT molecular complexity index is 1780. The fourth-order valence-corrected chi connectivity index (χ4v) is 5.85. The molecule has 15 nitrogen and oxygen atoms in total. The van der Waals surface area contributed by atoms with Gasteiger partial charge in [-0.2, -0.15) is 0 Å². The molecule has 0 saturated carbocycles. The van der Waals surface area contributed by atoms with Crippen LogP contribution in [0.25, 0.3) is 11.1 Å². The average molecular weight is 656 g/mol.